The predicted octanol–water partition coefficient (Wildman–Crippen LogP) is 3.82. The molecule has 0 amide bonds. The van der Waals surface area contributed by atoms with E-state index in [1.54, 1.807) is 13.4 Å². The highest BCUT2D eigenvalue weighted by atomic mass is 16.5. The van der Waals surface area contributed by atoms with Crippen LogP contribution in [0.4, 0.5) is 0 Å². The van der Waals surface area contributed by atoms with Gasteiger partial charge in [0.15, 0.2) is 0 Å². The molecular weight excluding hydrogens is 340 g/mol. The zero-order chi connectivity index (χ0) is 19.0. The van der Waals surface area contributed by atoms with Crippen LogP contribution in [0.3, 0.4) is 0 Å². The van der Waals surface area contributed by atoms with Gasteiger partial charge in [-0.2, -0.15) is 0 Å². The summed E-state index contributed by atoms with van der Waals surface area (Å²) < 4.78 is 10.3. The molecule has 1 saturated heterocycles. The van der Waals surface area contributed by atoms with E-state index in [2.05, 4.69) is 41.1 Å². The number of esters is 1. The summed E-state index contributed by atoms with van der Waals surface area (Å²) in [5.74, 6) is 0.287. The van der Waals surface area contributed by atoms with Crippen molar-refractivity contribution >= 4 is 16.9 Å². The number of hydrogen-bond acceptors (Lipinski definition) is 4. The molecule has 1 fully saturated rings. The van der Waals surface area contributed by atoms with E-state index >= 15 is 0 Å². The first-order valence-electron chi connectivity index (χ1n) is 9.82. The Bertz CT molecular complexity index is 870. The van der Waals surface area contributed by atoms with Crippen molar-refractivity contribution < 1.29 is 14.3 Å². The Balaban J connectivity index is 1.73. The fourth-order valence-electron chi connectivity index (χ4n) is 5.04. The lowest BCUT2D eigenvalue weighted by Gasteiger charge is -2.46. The topological polar surface area (TPSA) is 54.6 Å². The Kier molecular flexibility index (Phi) is 4.96. The number of piperidine rings is 1. The van der Waals surface area contributed by atoms with E-state index in [0.29, 0.717) is 17.5 Å². The molecule has 0 radical (unpaired) electrons. The second kappa shape index (κ2) is 7.39. The number of hydrogen-bond donors (Lipinski definition) is 1. The van der Waals surface area contributed by atoms with Gasteiger partial charge >= 0.3 is 5.97 Å². The Labute approximate surface area is 160 Å². The van der Waals surface area contributed by atoms with Crippen molar-refractivity contribution in [2.45, 2.75) is 32.2 Å². The summed E-state index contributed by atoms with van der Waals surface area (Å²) in [6.45, 7) is 4.28. The highest BCUT2D eigenvalue weighted by Gasteiger charge is 2.42. The van der Waals surface area contributed by atoms with E-state index in [1.165, 1.54) is 29.3 Å². The standard InChI is InChI=1S/C22H28N2O3/c1-4-14-12-24-10-9-16-15-7-5-6-8-19(15)23-21(16)20(24)11-17(14)18(13-26-2)22(25)27-3/h5-8,13-14,17,20,23H,4,9-12H2,1-3H3/t14-,17-,20-/m1/s1. The number of para-hydroxylation sites is 1. The smallest absolute Gasteiger partial charge is 0.337 e. The molecule has 0 bridgehead atoms. The molecule has 1 aromatic heterocycles. The Morgan fingerprint density at radius 2 is 2.15 bits per heavy atom. The number of ether oxygens (including phenoxy) is 2. The third-order valence-electron chi connectivity index (χ3n) is 6.37. The lowest BCUT2D eigenvalue weighted by atomic mass is 9.74. The Morgan fingerprint density at radius 1 is 1.33 bits per heavy atom. The van der Waals surface area contributed by atoms with E-state index in [-0.39, 0.29) is 11.9 Å². The number of nitrogens with one attached hydrogen (secondary N) is 1. The molecule has 0 spiro atoms. The molecule has 5 heteroatoms. The van der Waals surface area contributed by atoms with Crippen LogP contribution in [-0.4, -0.2) is 43.2 Å². The molecule has 144 valence electrons. The zero-order valence-electron chi connectivity index (χ0n) is 16.3. The number of aromatic amines is 1. The molecule has 0 aliphatic carbocycles. The number of rotatable bonds is 4. The molecule has 2 aliphatic heterocycles. The van der Waals surface area contributed by atoms with Crippen molar-refractivity contribution in [3.05, 3.63) is 47.4 Å². The number of methoxy groups -OCH3 is 2. The molecule has 3 atom stereocenters. The van der Waals surface area contributed by atoms with Gasteiger partial charge in [0.1, 0.15) is 0 Å². The van der Waals surface area contributed by atoms with Gasteiger partial charge in [-0.1, -0.05) is 31.5 Å². The van der Waals surface area contributed by atoms with Gasteiger partial charge in [-0.25, -0.2) is 4.79 Å². The van der Waals surface area contributed by atoms with Gasteiger partial charge in [0.2, 0.25) is 0 Å². The number of benzene rings is 1. The van der Waals surface area contributed by atoms with Gasteiger partial charge in [-0.3, -0.25) is 4.90 Å². The highest BCUT2D eigenvalue weighted by molar-refractivity contribution is 5.89. The second-order valence-corrected chi connectivity index (χ2v) is 7.63. The maximum Gasteiger partial charge on any atom is 0.337 e. The van der Waals surface area contributed by atoms with Crippen LogP contribution >= 0.6 is 0 Å². The Hall–Kier alpha value is -2.27. The third kappa shape index (κ3) is 3.04. The molecule has 0 unspecified atom stereocenters. The summed E-state index contributed by atoms with van der Waals surface area (Å²) >= 11 is 0. The first-order chi connectivity index (χ1) is 13.2. The predicted molar refractivity (Wildman–Crippen MR) is 105 cm³/mol. The average molecular weight is 368 g/mol. The average Bonchev–Trinajstić information content (AvgIpc) is 3.09. The SMILES string of the molecule is CC[C@@H]1CN2CCc3c([nH]c4ccccc34)[C@H]2C[C@H]1C(=COC)C(=O)OC. The summed E-state index contributed by atoms with van der Waals surface area (Å²) in [5, 5.41) is 1.34. The maximum absolute atomic E-state index is 12.4. The van der Waals surface area contributed by atoms with Crippen LogP contribution < -0.4 is 0 Å². The molecule has 2 aliphatic rings. The molecule has 4 rings (SSSR count). The van der Waals surface area contributed by atoms with Crippen LogP contribution in [0.15, 0.2) is 36.1 Å². The normalized spacial score (nSPS) is 25.7. The fourth-order valence-corrected chi connectivity index (χ4v) is 5.04. The number of fused-ring (bicyclic) bond motifs is 5. The largest absolute Gasteiger partial charge is 0.504 e. The van der Waals surface area contributed by atoms with Crippen molar-refractivity contribution in [3.63, 3.8) is 0 Å². The van der Waals surface area contributed by atoms with E-state index in [4.69, 9.17) is 9.47 Å². The Morgan fingerprint density at radius 3 is 2.89 bits per heavy atom. The number of nitrogens with zero attached hydrogens (tertiary/aromatic N) is 1. The van der Waals surface area contributed by atoms with Crippen LogP contribution in [0.5, 0.6) is 0 Å². The molecular formula is C22H28N2O3. The zero-order valence-corrected chi connectivity index (χ0v) is 16.3. The summed E-state index contributed by atoms with van der Waals surface area (Å²) in [4.78, 5) is 18.7. The minimum absolute atomic E-state index is 0.140. The first kappa shape index (κ1) is 18.1. The fraction of sp³-hybridized carbons (Fsp3) is 0.500. The third-order valence-corrected chi connectivity index (χ3v) is 6.37. The second-order valence-electron chi connectivity index (χ2n) is 7.63. The minimum atomic E-state index is -0.276. The summed E-state index contributed by atoms with van der Waals surface area (Å²) in [7, 11) is 3.04. The number of aromatic nitrogens is 1. The van der Waals surface area contributed by atoms with Crippen LogP contribution in [0.1, 0.15) is 37.1 Å². The van der Waals surface area contributed by atoms with E-state index in [0.717, 1.165) is 32.4 Å². The number of H-pyrrole nitrogens is 1. The molecule has 5 nitrogen and oxygen atoms in total. The van der Waals surface area contributed by atoms with E-state index in [1.807, 2.05) is 0 Å². The summed E-state index contributed by atoms with van der Waals surface area (Å²) in [6, 6.07) is 8.85. The van der Waals surface area contributed by atoms with Crippen molar-refractivity contribution in [2.24, 2.45) is 11.8 Å². The van der Waals surface area contributed by atoms with Gasteiger partial charge < -0.3 is 14.5 Å². The first-order valence-corrected chi connectivity index (χ1v) is 9.82. The lowest BCUT2D eigenvalue weighted by Crippen LogP contribution is -2.47. The van der Waals surface area contributed by atoms with Gasteiger partial charge in [-0.05, 0) is 36.3 Å². The van der Waals surface area contributed by atoms with Gasteiger partial charge in [-0.15, -0.1) is 0 Å². The lowest BCUT2D eigenvalue weighted by molar-refractivity contribution is -0.137. The highest BCUT2D eigenvalue weighted by Crippen LogP contribution is 2.45. The minimum Gasteiger partial charge on any atom is -0.504 e. The molecule has 27 heavy (non-hydrogen) atoms. The van der Waals surface area contributed by atoms with Crippen LogP contribution in [0, 0.1) is 11.8 Å². The van der Waals surface area contributed by atoms with Crippen LogP contribution in [-0.2, 0) is 20.7 Å². The molecule has 1 aromatic carbocycles. The van der Waals surface area contributed by atoms with Gasteiger partial charge in [0.05, 0.1) is 32.1 Å². The quantitative estimate of drug-likeness (QED) is 0.506. The monoisotopic (exact) mass is 368 g/mol. The maximum atomic E-state index is 12.4. The van der Waals surface area contributed by atoms with E-state index < -0.39 is 0 Å². The van der Waals surface area contributed by atoms with Crippen LogP contribution in [0.25, 0.3) is 10.9 Å². The van der Waals surface area contributed by atoms with Crippen LogP contribution in [0.2, 0.25) is 0 Å². The molecule has 1 N–H and O–H groups in total. The summed E-state index contributed by atoms with van der Waals surface area (Å²) in [6.07, 6.45) is 4.60. The summed E-state index contributed by atoms with van der Waals surface area (Å²) in [5.41, 5.74) is 4.63. The van der Waals surface area contributed by atoms with Crippen molar-refractivity contribution in [1.82, 2.24) is 9.88 Å². The molecule has 2 aromatic rings. The van der Waals surface area contributed by atoms with Crippen molar-refractivity contribution in [1.29, 1.82) is 0 Å². The van der Waals surface area contributed by atoms with E-state index in [9.17, 15) is 4.79 Å². The molecule has 0 saturated carbocycles. The van der Waals surface area contributed by atoms with Crippen molar-refractivity contribution in [2.75, 3.05) is 27.3 Å². The number of carbonyl (C=O) groups excluding carboxylic acids is 1. The number of carbonyl (C=O) groups is 1. The van der Waals surface area contributed by atoms with Gasteiger partial charge in [0.25, 0.3) is 0 Å². The van der Waals surface area contributed by atoms with Gasteiger partial charge in [0, 0.05) is 29.7 Å². The van der Waals surface area contributed by atoms with Crippen molar-refractivity contribution in [3.8, 4) is 0 Å². The molecule has 3 heterocycles.